The van der Waals surface area contributed by atoms with Crippen molar-refractivity contribution >= 4 is 18.0 Å². The van der Waals surface area contributed by atoms with Crippen molar-refractivity contribution in [2.75, 3.05) is 6.54 Å². The van der Waals surface area contributed by atoms with Gasteiger partial charge in [0.25, 0.3) is 0 Å². The molecule has 0 saturated carbocycles. The molecule has 2 rings (SSSR count). The van der Waals surface area contributed by atoms with E-state index >= 15 is 0 Å². The number of amides is 2. The van der Waals surface area contributed by atoms with E-state index in [-0.39, 0.29) is 17.9 Å². The van der Waals surface area contributed by atoms with E-state index in [4.69, 9.17) is 9.47 Å². The molecule has 2 amide bonds. The lowest BCUT2D eigenvalue weighted by Crippen LogP contribution is -2.56. The molecule has 1 fully saturated rings. The van der Waals surface area contributed by atoms with Crippen molar-refractivity contribution < 1.29 is 23.9 Å². The maximum atomic E-state index is 13.6. The second-order valence-electron chi connectivity index (χ2n) is 9.89. The fraction of sp³-hybridized carbons (Fsp3) is 0.773. The van der Waals surface area contributed by atoms with Gasteiger partial charge in [0.2, 0.25) is 5.91 Å². The Morgan fingerprint density at radius 2 is 1.69 bits per heavy atom. The Balaban J connectivity index is 2.32. The lowest BCUT2D eigenvalue weighted by Gasteiger charge is -2.37. The third kappa shape index (κ3) is 5.52. The predicted octanol–water partition coefficient (Wildman–Crippen LogP) is 3.52. The average molecular weight is 409 g/mol. The minimum Gasteiger partial charge on any atom is -0.458 e. The summed E-state index contributed by atoms with van der Waals surface area (Å²) in [5, 5.41) is 0. The molecule has 2 aliphatic rings. The molecule has 0 aromatic carbocycles. The van der Waals surface area contributed by atoms with E-state index in [1.807, 2.05) is 19.1 Å². The van der Waals surface area contributed by atoms with E-state index in [9.17, 15) is 14.4 Å². The van der Waals surface area contributed by atoms with Crippen LogP contribution in [0.15, 0.2) is 12.2 Å². The van der Waals surface area contributed by atoms with Crippen LogP contribution in [0.2, 0.25) is 0 Å². The summed E-state index contributed by atoms with van der Waals surface area (Å²) < 4.78 is 11.0. The fourth-order valence-corrected chi connectivity index (χ4v) is 3.85. The highest BCUT2D eigenvalue weighted by Gasteiger charge is 2.48. The molecule has 0 radical (unpaired) electrons. The Bertz CT molecular complexity index is 674. The van der Waals surface area contributed by atoms with Crippen LogP contribution in [0.5, 0.6) is 0 Å². The largest absolute Gasteiger partial charge is 0.458 e. The Morgan fingerprint density at radius 3 is 2.21 bits per heavy atom. The third-order valence-electron chi connectivity index (χ3n) is 5.10. The number of carbonyl (C=O) groups is 3. The SMILES string of the molecule is CC[C@@H]1C=C[C@H]2CCN(C(=O)OC(C)(C)C)[C@@H]2C(=O)N1C(C)C(=O)OC(C)(C)C. The summed E-state index contributed by atoms with van der Waals surface area (Å²) in [6, 6.07) is -1.64. The lowest BCUT2D eigenvalue weighted by atomic mass is 9.99. The summed E-state index contributed by atoms with van der Waals surface area (Å²) >= 11 is 0. The standard InChI is InChI=1S/C22H36N2O5/c1-9-16-11-10-15-12-13-23(20(27)29-22(6,7)8)17(15)18(25)24(16)14(2)19(26)28-21(3,4)5/h10-11,14-17H,9,12-13H2,1-8H3/t14?,15-,16+,17-/m0/s1. The Kier molecular flexibility index (Phi) is 6.70. The van der Waals surface area contributed by atoms with Crippen LogP contribution in [-0.4, -0.2) is 63.6 Å². The summed E-state index contributed by atoms with van der Waals surface area (Å²) in [4.78, 5) is 42.2. The van der Waals surface area contributed by atoms with Gasteiger partial charge in [-0.2, -0.15) is 0 Å². The first-order chi connectivity index (χ1) is 13.2. The maximum Gasteiger partial charge on any atom is 0.410 e. The van der Waals surface area contributed by atoms with Crippen LogP contribution in [0.3, 0.4) is 0 Å². The highest BCUT2D eigenvalue weighted by Crippen LogP contribution is 2.33. The number of esters is 1. The van der Waals surface area contributed by atoms with Crippen molar-refractivity contribution in [2.24, 2.45) is 5.92 Å². The maximum absolute atomic E-state index is 13.6. The molecule has 1 saturated heterocycles. The molecule has 0 aromatic heterocycles. The van der Waals surface area contributed by atoms with Crippen LogP contribution in [0.25, 0.3) is 0 Å². The van der Waals surface area contributed by atoms with Gasteiger partial charge in [0.1, 0.15) is 23.3 Å². The van der Waals surface area contributed by atoms with Gasteiger partial charge in [0.15, 0.2) is 0 Å². The zero-order valence-electron chi connectivity index (χ0n) is 19.0. The van der Waals surface area contributed by atoms with Gasteiger partial charge in [-0.3, -0.25) is 9.69 Å². The Morgan fingerprint density at radius 1 is 1.10 bits per heavy atom. The van der Waals surface area contributed by atoms with Gasteiger partial charge in [-0.25, -0.2) is 9.59 Å². The summed E-state index contributed by atoms with van der Waals surface area (Å²) in [6.07, 6.45) is 4.87. The topological polar surface area (TPSA) is 76.2 Å². The molecular formula is C22H36N2O5. The molecule has 2 aliphatic heterocycles. The normalized spacial score (nSPS) is 26.1. The highest BCUT2D eigenvalue weighted by atomic mass is 16.6. The quantitative estimate of drug-likeness (QED) is 0.527. The number of fused-ring (bicyclic) bond motifs is 1. The fourth-order valence-electron chi connectivity index (χ4n) is 3.85. The zero-order chi connectivity index (χ0) is 22.1. The molecular weight excluding hydrogens is 372 g/mol. The zero-order valence-corrected chi connectivity index (χ0v) is 19.0. The van der Waals surface area contributed by atoms with Gasteiger partial charge in [-0.05, 0) is 61.3 Å². The van der Waals surface area contributed by atoms with Gasteiger partial charge >= 0.3 is 12.1 Å². The van der Waals surface area contributed by atoms with E-state index in [1.165, 1.54) is 4.90 Å². The highest BCUT2D eigenvalue weighted by molar-refractivity contribution is 5.91. The molecule has 0 spiro atoms. The van der Waals surface area contributed by atoms with Gasteiger partial charge in [-0.15, -0.1) is 0 Å². The van der Waals surface area contributed by atoms with E-state index in [1.54, 1.807) is 53.4 Å². The molecule has 7 nitrogen and oxygen atoms in total. The van der Waals surface area contributed by atoms with Crippen molar-refractivity contribution in [1.29, 1.82) is 0 Å². The molecule has 29 heavy (non-hydrogen) atoms. The predicted molar refractivity (Wildman–Crippen MR) is 110 cm³/mol. The van der Waals surface area contributed by atoms with Crippen LogP contribution in [0, 0.1) is 5.92 Å². The van der Waals surface area contributed by atoms with Crippen molar-refractivity contribution in [3.63, 3.8) is 0 Å². The van der Waals surface area contributed by atoms with Crippen LogP contribution in [0.4, 0.5) is 4.79 Å². The first-order valence-electron chi connectivity index (χ1n) is 10.5. The summed E-state index contributed by atoms with van der Waals surface area (Å²) in [5.74, 6) is -0.758. The van der Waals surface area contributed by atoms with E-state index in [0.29, 0.717) is 19.4 Å². The van der Waals surface area contributed by atoms with Crippen LogP contribution >= 0.6 is 0 Å². The van der Waals surface area contributed by atoms with E-state index < -0.39 is 35.3 Å². The minimum atomic E-state index is -0.754. The first-order valence-corrected chi connectivity index (χ1v) is 10.5. The van der Waals surface area contributed by atoms with E-state index in [0.717, 1.165) is 0 Å². The second-order valence-corrected chi connectivity index (χ2v) is 9.89. The molecule has 0 N–H and O–H groups in total. The molecule has 164 valence electrons. The molecule has 2 heterocycles. The van der Waals surface area contributed by atoms with Crippen LogP contribution in [0.1, 0.15) is 68.2 Å². The molecule has 0 bridgehead atoms. The number of nitrogens with zero attached hydrogens (tertiary/aromatic N) is 2. The molecule has 0 aliphatic carbocycles. The van der Waals surface area contributed by atoms with Gasteiger partial charge in [0, 0.05) is 12.5 Å². The van der Waals surface area contributed by atoms with Crippen molar-refractivity contribution in [1.82, 2.24) is 9.80 Å². The van der Waals surface area contributed by atoms with Gasteiger partial charge in [-0.1, -0.05) is 19.1 Å². The first kappa shape index (κ1) is 23.2. The monoisotopic (exact) mass is 408 g/mol. The average Bonchev–Trinajstić information content (AvgIpc) is 2.93. The molecule has 1 unspecified atom stereocenters. The second kappa shape index (κ2) is 8.36. The Hall–Kier alpha value is -2.05. The number of hydrogen-bond acceptors (Lipinski definition) is 5. The lowest BCUT2D eigenvalue weighted by molar-refractivity contribution is -0.166. The summed E-state index contributed by atoms with van der Waals surface area (Å²) in [7, 11) is 0. The molecule has 0 aromatic rings. The van der Waals surface area contributed by atoms with Crippen molar-refractivity contribution in [2.45, 2.75) is 97.6 Å². The molecule has 4 atom stereocenters. The van der Waals surface area contributed by atoms with Gasteiger partial charge < -0.3 is 14.4 Å². The van der Waals surface area contributed by atoms with E-state index in [2.05, 4.69) is 0 Å². The summed E-state index contributed by atoms with van der Waals surface area (Å²) in [5.41, 5.74) is -1.29. The van der Waals surface area contributed by atoms with Crippen LogP contribution < -0.4 is 0 Å². The summed E-state index contributed by atoms with van der Waals surface area (Å²) in [6.45, 7) is 14.9. The smallest absolute Gasteiger partial charge is 0.410 e. The minimum absolute atomic E-state index is 0.0834. The Labute approximate surface area is 174 Å². The number of rotatable bonds is 3. The number of carbonyl (C=O) groups excluding carboxylic acids is 3. The number of likely N-dealkylation sites (tertiary alicyclic amines) is 1. The molecule has 7 heteroatoms. The number of hydrogen-bond donors (Lipinski definition) is 0. The van der Waals surface area contributed by atoms with Gasteiger partial charge in [0.05, 0.1) is 6.04 Å². The number of ether oxygens (including phenoxy) is 2. The van der Waals surface area contributed by atoms with Crippen LogP contribution in [-0.2, 0) is 19.1 Å². The van der Waals surface area contributed by atoms with Crippen molar-refractivity contribution in [3.05, 3.63) is 12.2 Å². The third-order valence-corrected chi connectivity index (χ3v) is 5.10. The van der Waals surface area contributed by atoms with Crippen molar-refractivity contribution in [3.8, 4) is 0 Å².